The van der Waals surface area contributed by atoms with Crippen molar-refractivity contribution >= 4 is 5.91 Å². The molecule has 1 N–H and O–H groups in total. The standard InChI is InChI=1S/C18H22FNO2/c19-14-6-4-11(5-7-14)15-8-16(15)18(22)20-9-12-2-1-3-13(10-20)17(12)21/h4-7,12-13,15-17,21H,1-3,8-10H2/t12-,13+,15-,16+,17?/m1/s1. The third kappa shape index (κ3) is 2.43. The average Bonchev–Trinajstić information content (AvgIpc) is 3.27. The van der Waals surface area contributed by atoms with E-state index >= 15 is 0 Å². The smallest absolute Gasteiger partial charge is 0.226 e. The molecule has 1 aromatic rings. The summed E-state index contributed by atoms with van der Waals surface area (Å²) in [5.41, 5.74) is 1.07. The molecule has 3 aliphatic rings. The monoisotopic (exact) mass is 303 g/mol. The molecule has 5 atom stereocenters. The number of benzene rings is 1. The van der Waals surface area contributed by atoms with E-state index in [1.807, 2.05) is 4.90 Å². The van der Waals surface area contributed by atoms with E-state index in [4.69, 9.17) is 0 Å². The fourth-order valence-corrected chi connectivity index (χ4v) is 4.37. The van der Waals surface area contributed by atoms with Gasteiger partial charge in [0.25, 0.3) is 0 Å². The van der Waals surface area contributed by atoms with Crippen molar-refractivity contribution in [1.29, 1.82) is 0 Å². The number of aliphatic hydroxyl groups excluding tert-OH is 1. The normalized spacial score (nSPS) is 37.0. The summed E-state index contributed by atoms with van der Waals surface area (Å²) in [6.45, 7) is 1.42. The molecular formula is C18H22FNO2. The molecule has 0 aromatic heterocycles. The van der Waals surface area contributed by atoms with Crippen LogP contribution in [0.3, 0.4) is 0 Å². The summed E-state index contributed by atoms with van der Waals surface area (Å²) < 4.78 is 13.0. The molecule has 2 aliphatic carbocycles. The molecule has 3 nitrogen and oxygen atoms in total. The summed E-state index contributed by atoms with van der Waals surface area (Å²) in [5, 5.41) is 10.2. The van der Waals surface area contributed by atoms with Gasteiger partial charge in [0, 0.05) is 30.8 Å². The van der Waals surface area contributed by atoms with Crippen LogP contribution in [0.4, 0.5) is 4.39 Å². The molecule has 4 rings (SSSR count). The lowest BCUT2D eigenvalue weighted by molar-refractivity contribution is -0.141. The van der Waals surface area contributed by atoms with Crippen LogP contribution < -0.4 is 0 Å². The van der Waals surface area contributed by atoms with Gasteiger partial charge in [-0.3, -0.25) is 4.79 Å². The van der Waals surface area contributed by atoms with Crippen LogP contribution >= 0.6 is 0 Å². The van der Waals surface area contributed by atoms with Gasteiger partial charge in [0.05, 0.1) is 6.10 Å². The molecule has 2 bridgehead atoms. The lowest BCUT2D eigenvalue weighted by Gasteiger charge is -2.45. The number of likely N-dealkylation sites (tertiary alicyclic amines) is 1. The fourth-order valence-electron chi connectivity index (χ4n) is 4.37. The highest BCUT2D eigenvalue weighted by atomic mass is 19.1. The molecule has 4 heteroatoms. The molecule has 1 aromatic carbocycles. The molecule has 1 saturated heterocycles. The van der Waals surface area contributed by atoms with Crippen LogP contribution in [0.2, 0.25) is 0 Å². The highest BCUT2D eigenvalue weighted by Crippen LogP contribution is 2.49. The molecule has 0 spiro atoms. The Kier molecular flexibility index (Phi) is 3.44. The van der Waals surface area contributed by atoms with Crippen LogP contribution in [-0.4, -0.2) is 35.1 Å². The molecule has 0 radical (unpaired) electrons. The molecule has 1 aliphatic heterocycles. The Bertz CT molecular complexity index is 559. The quantitative estimate of drug-likeness (QED) is 0.912. The molecule has 3 fully saturated rings. The Morgan fingerprint density at radius 1 is 1.14 bits per heavy atom. The van der Waals surface area contributed by atoms with Crippen LogP contribution in [0.1, 0.15) is 37.2 Å². The highest BCUT2D eigenvalue weighted by Gasteiger charge is 2.48. The van der Waals surface area contributed by atoms with E-state index in [2.05, 4.69) is 0 Å². The van der Waals surface area contributed by atoms with E-state index < -0.39 is 0 Å². The molecule has 1 unspecified atom stereocenters. The van der Waals surface area contributed by atoms with Gasteiger partial charge in [-0.25, -0.2) is 4.39 Å². The van der Waals surface area contributed by atoms with Gasteiger partial charge in [0.1, 0.15) is 5.82 Å². The lowest BCUT2D eigenvalue weighted by Crippen LogP contribution is -2.53. The van der Waals surface area contributed by atoms with Gasteiger partial charge in [0.15, 0.2) is 0 Å². The van der Waals surface area contributed by atoms with Crippen LogP contribution in [-0.2, 0) is 4.79 Å². The topological polar surface area (TPSA) is 40.5 Å². The summed E-state index contributed by atoms with van der Waals surface area (Å²) >= 11 is 0. The predicted molar refractivity (Wildman–Crippen MR) is 80.7 cm³/mol. The van der Waals surface area contributed by atoms with E-state index in [-0.39, 0.29) is 41.5 Å². The maximum atomic E-state index is 13.0. The summed E-state index contributed by atoms with van der Waals surface area (Å²) in [6, 6.07) is 6.53. The van der Waals surface area contributed by atoms with Gasteiger partial charge < -0.3 is 10.0 Å². The maximum Gasteiger partial charge on any atom is 0.226 e. The Balaban J connectivity index is 1.42. The van der Waals surface area contributed by atoms with Gasteiger partial charge >= 0.3 is 0 Å². The van der Waals surface area contributed by atoms with Gasteiger partial charge in [-0.1, -0.05) is 18.6 Å². The van der Waals surface area contributed by atoms with Crippen molar-refractivity contribution in [3.8, 4) is 0 Å². The van der Waals surface area contributed by atoms with Gasteiger partial charge in [-0.05, 0) is 42.9 Å². The Morgan fingerprint density at radius 2 is 1.77 bits per heavy atom. The number of piperidine rings is 1. The maximum absolute atomic E-state index is 13.0. The number of rotatable bonds is 2. The largest absolute Gasteiger partial charge is 0.392 e. The molecule has 1 heterocycles. The second kappa shape index (κ2) is 5.34. The van der Waals surface area contributed by atoms with Crippen LogP contribution in [0.25, 0.3) is 0 Å². The molecule has 118 valence electrons. The number of nitrogens with zero attached hydrogens (tertiary/aromatic N) is 1. The van der Waals surface area contributed by atoms with E-state index in [0.29, 0.717) is 13.1 Å². The van der Waals surface area contributed by atoms with Crippen LogP contribution in [0.5, 0.6) is 0 Å². The number of fused-ring (bicyclic) bond motifs is 2. The van der Waals surface area contributed by atoms with E-state index in [9.17, 15) is 14.3 Å². The zero-order valence-electron chi connectivity index (χ0n) is 12.6. The highest BCUT2D eigenvalue weighted by molar-refractivity contribution is 5.83. The Labute approximate surface area is 130 Å². The first kappa shape index (κ1) is 14.2. The van der Waals surface area contributed by atoms with E-state index in [0.717, 1.165) is 24.8 Å². The third-order valence-electron chi connectivity index (χ3n) is 5.74. The number of amides is 1. The average molecular weight is 303 g/mol. The van der Waals surface area contributed by atoms with Crippen molar-refractivity contribution in [3.05, 3.63) is 35.6 Å². The summed E-state index contributed by atoms with van der Waals surface area (Å²) in [7, 11) is 0. The van der Waals surface area contributed by atoms with E-state index in [1.165, 1.54) is 18.6 Å². The number of aliphatic hydroxyl groups is 1. The van der Waals surface area contributed by atoms with Gasteiger partial charge in [-0.15, -0.1) is 0 Å². The second-order valence-electron chi connectivity index (χ2n) is 7.19. The lowest BCUT2D eigenvalue weighted by atomic mass is 9.75. The molecular weight excluding hydrogens is 281 g/mol. The predicted octanol–water partition coefficient (Wildman–Crippen LogP) is 2.55. The first-order chi connectivity index (χ1) is 10.6. The van der Waals surface area contributed by atoms with Crippen molar-refractivity contribution in [1.82, 2.24) is 4.90 Å². The summed E-state index contributed by atoms with van der Waals surface area (Å²) in [5.74, 6) is 0.836. The zero-order valence-corrected chi connectivity index (χ0v) is 12.6. The molecule has 22 heavy (non-hydrogen) atoms. The summed E-state index contributed by atoms with van der Waals surface area (Å²) in [6.07, 6.45) is 3.90. The zero-order chi connectivity index (χ0) is 15.3. The summed E-state index contributed by atoms with van der Waals surface area (Å²) in [4.78, 5) is 14.7. The van der Waals surface area contributed by atoms with Crippen LogP contribution in [0, 0.1) is 23.6 Å². The van der Waals surface area contributed by atoms with Crippen molar-refractivity contribution in [3.63, 3.8) is 0 Å². The number of hydrogen-bond acceptors (Lipinski definition) is 2. The van der Waals surface area contributed by atoms with Gasteiger partial charge in [-0.2, -0.15) is 0 Å². The Morgan fingerprint density at radius 3 is 2.41 bits per heavy atom. The van der Waals surface area contributed by atoms with E-state index in [1.54, 1.807) is 12.1 Å². The first-order valence-electron chi connectivity index (χ1n) is 8.36. The minimum absolute atomic E-state index is 0.0569. The number of carbonyl (C=O) groups excluding carboxylic acids is 1. The SMILES string of the molecule is O=C([C@H]1C[C@@H]1c1ccc(F)cc1)N1C[C@H]2CCC[C@@H](C1)C2O. The minimum atomic E-state index is -0.231. The van der Waals surface area contributed by atoms with Crippen molar-refractivity contribution in [2.45, 2.75) is 37.7 Å². The van der Waals surface area contributed by atoms with Gasteiger partial charge in [0.2, 0.25) is 5.91 Å². The Hall–Kier alpha value is -1.42. The third-order valence-corrected chi connectivity index (χ3v) is 5.74. The fraction of sp³-hybridized carbons (Fsp3) is 0.611. The van der Waals surface area contributed by atoms with Crippen molar-refractivity contribution in [2.24, 2.45) is 17.8 Å². The first-order valence-corrected chi connectivity index (χ1v) is 8.36. The van der Waals surface area contributed by atoms with Crippen molar-refractivity contribution < 1.29 is 14.3 Å². The number of hydrogen-bond donors (Lipinski definition) is 1. The number of carbonyl (C=O) groups is 1. The molecule has 1 amide bonds. The second-order valence-corrected chi connectivity index (χ2v) is 7.19. The number of halogens is 1. The molecule has 2 saturated carbocycles. The van der Waals surface area contributed by atoms with Crippen LogP contribution in [0.15, 0.2) is 24.3 Å². The van der Waals surface area contributed by atoms with Crippen molar-refractivity contribution in [2.75, 3.05) is 13.1 Å². The minimum Gasteiger partial charge on any atom is -0.392 e.